The van der Waals surface area contributed by atoms with Crippen LogP contribution in [0.5, 0.6) is 0 Å². The second-order valence-electron chi connectivity index (χ2n) is 9.66. The Balaban J connectivity index is 1.68. The third-order valence-corrected chi connectivity index (χ3v) is 7.46. The van der Waals surface area contributed by atoms with Crippen molar-refractivity contribution < 1.29 is 31.5 Å². The number of nitrogens with one attached hydrogen (secondary N) is 2. The smallest absolute Gasteiger partial charge is 0.408 e. The molecule has 3 rings (SSSR count). The first-order valence-corrected chi connectivity index (χ1v) is 12.5. The largest absolute Gasteiger partial charge is 0.444 e. The summed E-state index contributed by atoms with van der Waals surface area (Å²) in [5.41, 5.74) is -0.376. The predicted octanol–water partition coefficient (Wildman–Crippen LogP) is 3.74. The highest BCUT2D eigenvalue weighted by molar-refractivity contribution is 7.89. The van der Waals surface area contributed by atoms with Gasteiger partial charge >= 0.3 is 6.09 Å². The van der Waals surface area contributed by atoms with E-state index in [4.69, 9.17) is 4.74 Å². The molecule has 1 atom stereocenters. The summed E-state index contributed by atoms with van der Waals surface area (Å²) < 4.78 is 57.0. The second-order valence-corrected chi connectivity index (χ2v) is 11.6. The molecule has 1 saturated heterocycles. The number of carbonyl (C=O) groups is 2. The number of alkyl carbamates (subject to hydrolysis) is 1. The molecule has 1 saturated carbocycles. The van der Waals surface area contributed by atoms with E-state index in [2.05, 4.69) is 10.6 Å². The number of amides is 2. The molecule has 1 heterocycles. The van der Waals surface area contributed by atoms with E-state index in [1.165, 1.54) is 24.3 Å². The van der Waals surface area contributed by atoms with Crippen LogP contribution in [0.2, 0.25) is 0 Å². The van der Waals surface area contributed by atoms with Crippen LogP contribution >= 0.6 is 0 Å². The van der Waals surface area contributed by atoms with E-state index in [1.807, 2.05) is 0 Å². The first-order chi connectivity index (χ1) is 15.3. The number of rotatable bonds is 6. The summed E-state index contributed by atoms with van der Waals surface area (Å²) in [6.45, 7) is 3.53. The number of nitrogens with zero attached hydrogens (tertiary/aromatic N) is 1. The SMILES string of the molecule is CC(C)(C)OC(=O)N[C@H](C(=O)Nc1ccc(S(=O)(=O)N2CC(F)(F)C2)cc1)C1CCCCC1. The van der Waals surface area contributed by atoms with Gasteiger partial charge in [-0.3, -0.25) is 4.79 Å². The molecule has 1 aliphatic heterocycles. The molecule has 184 valence electrons. The molecule has 2 aliphatic rings. The third-order valence-electron chi connectivity index (χ3n) is 5.65. The van der Waals surface area contributed by atoms with Crippen molar-refractivity contribution >= 4 is 27.7 Å². The minimum atomic E-state index is -4.02. The van der Waals surface area contributed by atoms with Crippen LogP contribution in [0.1, 0.15) is 52.9 Å². The van der Waals surface area contributed by atoms with Gasteiger partial charge in [0.15, 0.2) is 0 Å². The number of hydrogen-bond donors (Lipinski definition) is 2. The van der Waals surface area contributed by atoms with E-state index in [1.54, 1.807) is 20.8 Å². The molecule has 33 heavy (non-hydrogen) atoms. The van der Waals surface area contributed by atoms with Crippen molar-refractivity contribution in [2.45, 2.75) is 75.3 Å². The van der Waals surface area contributed by atoms with Gasteiger partial charge in [-0.2, -0.15) is 4.31 Å². The van der Waals surface area contributed by atoms with Crippen LogP contribution in [0.15, 0.2) is 29.2 Å². The van der Waals surface area contributed by atoms with Crippen LogP contribution in [-0.4, -0.2) is 55.4 Å². The van der Waals surface area contributed by atoms with Crippen molar-refractivity contribution in [2.75, 3.05) is 18.4 Å². The van der Waals surface area contributed by atoms with Crippen LogP contribution in [0.25, 0.3) is 0 Å². The van der Waals surface area contributed by atoms with Gasteiger partial charge in [0.1, 0.15) is 11.6 Å². The average Bonchev–Trinajstić information content (AvgIpc) is 2.70. The van der Waals surface area contributed by atoms with Crippen LogP contribution in [0, 0.1) is 5.92 Å². The Morgan fingerprint density at radius 2 is 1.67 bits per heavy atom. The average molecular weight is 488 g/mol. The van der Waals surface area contributed by atoms with Crippen LogP contribution in [-0.2, 0) is 19.6 Å². The van der Waals surface area contributed by atoms with Gasteiger partial charge in [-0.1, -0.05) is 19.3 Å². The van der Waals surface area contributed by atoms with Gasteiger partial charge in [-0.05, 0) is 63.8 Å². The molecule has 11 heteroatoms. The quantitative estimate of drug-likeness (QED) is 0.636. The van der Waals surface area contributed by atoms with Gasteiger partial charge < -0.3 is 15.4 Å². The van der Waals surface area contributed by atoms with Crippen LogP contribution < -0.4 is 10.6 Å². The molecule has 0 unspecified atom stereocenters. The summed E-state index contributed by atoms with van der Waals surface area (Å²) in [5.74, 6) is -3.47. The maximum absolute atomic E-state index is 13.1. The lowest BCUT2D eigenvalue weighted by atomic mass is 9.83. The highest BCUT2D eigenvalue weighted by atomic mass is 32.2. The standard InChI is InChI=1S/C22H31F2N3O5S/c1-21(2,3)32-20(29)26-18(15-7-5-4-6-8-15)19(28)25-16-9-11-17(12-10-16)33(30,31)27-13-22(23,24)14-27/h9-12,15,18H,4-8,13-14H2,1-3H3,(H,25,28)(H,26,29)/t18-/m0/s1. The molecular weight excluding hydrogens is 456 g/mol. The van der Waals surface area contributed by atoms with Gasteiger partial charge in [-0.15, -0.1) is 0 Å². The number of alkyl halides is 2. The van der Waals surface area contributed by atoms with Crippen molar-refractivity contribution in [3.05, 3.63) is 24.3 Å². The second kappa shape index (κ2) is 9.54. The van der Waals surface area contributed by atoms with Gasteiger partial charge in [-0.25, -0.2) is 22.0 Å². The lowest BCUT2D eigenvalue weighted by Gasteiger charge is -2.37. The summed E-state index contributed by atoms with van der Waals surface area (Å²) in [6.07, 6.45) is 3.92. The summed E-state index contributed by atoms with van der Waals surface area (Å²) in [5, 5.41) is 5.41. The third kappa shape index (κ3) is 6.63. The van der Waals surface area contributed by atoms with Crippen LogP contribution in [0.3, 0.4) is 0 Å². The molecule has 0 spiro atoms. The maximum Gasteiger partial charge on any atom is 0.408 e. The van der Waals surface area contributed by atoms with E-state index in [9.17, 15) is 26.8 Å². The Morgan fingerprint density at radius 1 is 1.09 bits per heavy atom. The molecule has 2 N–H and O–H groups in total. The summed E-state index contributed by atoms with van der Waals surface area (Å²) >= 11 is 0. The van der Waals surface area contributed by atoms with E-state index in [0.717, 1.165) is 32.1 Å². The van der Waals surface area contributed by atoms with Gasteiger partial charge in [0, 0.05) is 5.69 Å². The molecule has 2 amide bonds. The Hall–Kier alpha value is -2.27. The number of anilines is 1. The molecule has 0 bridgehead atoms. The molecular formula is C22H31F2N3O5S. The summed E-state index contributed by atoms with van der Waals surface area (Å²) in [6, 6.07) is 4.52. The lowest BCUT2D eigenvalue weighted by Crippen LogP contribution is -2.58. The highest BCUT2D eigenvalue weighted by Gasteiger charge is 2.49. The van der Waals surface area contributed by atoms with E-state index >= 15 is 0 Å². The summed E-state index contributed by atoms with van der Waals surface area (Å²) in [7, 11) is -4.02. The molecule has 2 fully saturated rings. The molecule has 8 nitrogen and oxygen atoms in total. The summed E-state index contributed by atoms with van der Waals surface area (Å²) in [4.78, 5) is 25.2. The van der Waals surface area contributed by atoms with Crippen molar-refractivity contribution in [3.63, 3.8) is 0 Å². The maximum atomic E-state index is 13.1. The highest BCUT2D eigenvalue weighted by Crippen LogP contribution is 2.32. The van der Waals surface area contributed by atoms with Gasteiger partial charge in [0.2, 0.25) is 15.9 Å². The monoisotopic (exact) mass is 487 g/mol. The Labute approximate surface area is 193 Å². The molecule has 1 aromatic carbocycles. The molecule has 0 radical (unpaired) electrons. The van der Waals surface area contributed by atoms with Gasteiger partial charge in [0.25, 0.3) is 5.92 Å². The number of hydrogen-bond acceptors (Lipinski definition) is 5. The van der Waals surface area contributed by atoms with Crippen molar-refractivity contribution in [1.29, 1.82) is 0 Å². The zero-order valence-corrected chi connectivity index (χ0v) is 19.9. The zero-order chi connectivity index (χ0) is 24.4. The van der Waals surface area contributed by atoms with E-state index in [0.29, 0.717) is 9.99 Å². The number of sulfonamides is 1. The molecule has 0 aromatic heterocycles. The predicted molar refractivity (Wildman–Crippen MR) is 119 cm³/mol. The molecule has 1 aromatic rings. The van der Waals surface area contributed by atoms with Crippen molar-refractivity contribution in [3.8, 4) is 0 Å². The number of benzene rings is 1. The van der Waals surface area contributed by atoms with E-state index in [-0.39, 0.29) is 10.8 Å². The van der Waals surface area contributed by atoms with Crippen LogP contribution in [0.4, 0.5) is 19.3 Å². The number of carbonyl (C=O) groups excluding carboxylic acids is 2. The fourth-order valence-electron chi connectivity index (χ4n) is 4.02. The fourth-order valence-corrected chi connectivity index (χ4v) is 5.51. The normalized spacial score (nSPS) is 20.4. The molecule has 1 aliphatic carbocycles. The van der Waals surface area contributed by atoms with Crippen molar-refractivity contribution in [2.24, 2.45) is 5.92 Å². The first kappa shape index (κ1) is 25.4. The Morgan fingerprint density at radius 3 is 2.18 bits per heavy atom. The zero-order valence-electron chi connectivity index (χ0n) is 19.1. The topological polar surface area (TPSA) is 105 Å². The minimum Gasteiger partial charge on any atom is -0.444 e. The van der Waals surface area contributed by atoms with Crippen molar-refractivity contribution in [1.82, 2.24) is 9.62 Å². The fraction of sp³-hybridized carbons (Fsp3) is 0.636. The number of ether oxygens (including phenoxy) is 1. The Bertz CT molecular complexity index is 963. The Kier molecular flexibility index (Phi) is 7.33. The minimum absolute atomic E-state index is 0.0426. The first-order valence-electron chi connectivity index (χ1n) is 11.1. The number of halogens is 2. The lowest BCUT2D eigenvalue weighted by molar-refractivity contribution is -0.119. The van der Waals surface area contributed by atoms with E-state index < -0.39 is 52.7 Å². The van der Waals surface area contributed by atoms with Gasteiger partial charge in [0.05, 0.1) is 18.0 Å².